The molecule has 1 N–H and O–H groups in total. The van der Waals surface area contributed by atoms with E-state index in [0.29, 0.717) is 0 Å². The van der Waals surface area contributed by atoms with Gasteiger partial charge in [-0.3, -0.25) is 4.79 Å². The number of benzene rings is 1. The number of rotatable bonds is 4. The smallest absolute Gasteiger partial charge is 0.229 e. The molecule has 3 rings (SSSR count). The Hall–Kier alpha value is -0.910. The van der Waals surface area contributed by atoms with E-state index in [-0.39, 0.29) is 29.4 Å². The molecule has 0 aromatic heterocycles. The van der Waals surface area contributed by atoms with E-state index in [1.807, 2.05) is 44.2 Å². The Morgan fingerprint density at radius 1 is 1.33 bits per heavy atom. The van der Waals surface area contributed by atoms with Gasteiger partial charge in [0.1, 0.15) is 11.1 Å². The van der Waals surface area contributed by atoms with Crippen LogP contribution in [0.3, 0.4) is 0 Å². The maximum absolute atomic E-state index is 12.7. The Morgan fingerprint density at radius 3 is 2.52 bits per heavy atom. The van der Waals surface area contributed by atoms with Crippen LogP contribution >= 0.6 is 15.9 Å². The van der Waals surface area contributed by atoms with Gasteiger partial charge in [0.2, 0.25) is 5.91 Å². The predicted molar refractivity (Wildman–Crippen MR) is 82.8 cm³/mol. The number of hydrogen-bond donors (Lipinski definition) is 1. The van der Waals surface area contributed by atoms with Crippen molar-refractivity contribution < 1.29 is 14.3 Å². The molecule has 1 aliphatic carbocycles. The van der Waals surface area contributed by atoms with E-state index in [1.165, 1.54) is 0 Å². The third-order valence-corrected chi connectivity index (χ3v) is 5.03. The summed E-state index contributed by atoms with van der Waals surface area (Å²) in [5, 5.41) is 2.90. The molecular formula is C16H20BrNO3. The van der Waals surface area contributed by atoms with Crippen molar-refractivity contribution in [1.82, 2.24) is 5.32 Å². The molecule has 4 atom stereocenters. The zero-order chi connectivity index (χ0) is 15.0. The van der Waals surface area contributed by atoms with Gasteiger partial charge in [-0.25, -0.2) is 0 Å². The van der Waals surface area contributed by atoms with Crippen LogP contribution in [-0.2, 0) is 14.3 Å². The number of halogens is 1. The van der Waals surface area contributed by atoms with Crippen LogP contribution in [0, 0.1) is 5.41 Å². The summed E-state index contributed by atoms with van der Waals surface area (Å²) in [6.07, 6.45) is 1.22. The minimum atomic E-state index is -0.442. The summed E-state index contributed by atoms with van der Waals surface area (Å²) in [7, 11) is 0. The van der Waals surface area contributed by atoms with E-state index in [1.54, 1.807) is 0 Å². The molecule has 21 heavy (non-hydrogen) atoms. The first kappa shape index (κ1) is 15.0. The molecule has 1 aromatic carbocycles. The van der Waals surface area contributed by atoms with Crippen molar-refractivity contribution >= 4 is 21.8 Å². The van der Waals surface area contributed by atoms with E-state index in [0.717, 1.165) is 18.4 Å². The highest BCUT2D eigenvalue weighted by molar-refractivity contribution is 9.09. The van der Waals surface area contributed by atoms with Gasteiger partial charge in [0.15, 0.2) is 6.29 Å². The average molecular weight is 354 g/mol. The second-order valence-corrected chi connectivity index (χ2v) is 6.78. The second-order valence-electron chi connectivity index (χ2n) is 5.87. The standard InChI is InChI=1S/C16H20BrNO3/c1-10(12-6-4-3-5-7-12)18-15(19)16(8-9-16)13-14(17)21-11(2)20-13/h3-7,10-11,13-14H,8-9H2,1-2H3,(H,18,19)/t10-,11?,13?,14?/m1/s1. The quantitative estimate of drug-likeness (QED) is 0.846. The highest BCUT2D eigenvalue weighted by Crippen LogP contribution is 2.54. The molecule has 1 saturated heterocycles. The molecule has 1 saturated carbocycles. The minimum absolute atomic E-state index is 0.00954. The molecule has 114 valence electrons. The fraction of sp³-hybridized carbons (Fsp3) is 0.562. The molecule has 2 fully saturated rings. The lowest BCUT2D eigenvalue weighted by Crippen LogP contribution is -2.43. The summed E-state index contributed by atoms with van der Waals surface area (Å²) in [5.41, 5.74) is 0.663. The van der Waals surface area contributed by atoms with Crippen LogP contribution in [0.15, 0.2) is 30.3 Å². The van der Waals surface area contributed by atoms with Crippen molar-refractivity contribution in [2.75, 3.05) is 0 Å². The summed E-state index contributed by atoms with van der Waals surface area (Å²) in [6.45, 7) is 3.86. The number of amides is 1. The first-order valence-corrected chi connectivity index (χ1v) is 8.25. The Bertz CT molecular complexity index is 518. The van der Waals surface area contributed by atoms with E-state index in [4.69, 9.17) is 9.47 Å². The molecular weight excluding hydrogens is 334 g/mol. The number of carbonyl (C=O) groups is 1. The van der Waals surface area contributed by atoms with Gasteiger partial charge in [-0.05, 0) is 32.3 Å². The molecule has 1 aromatic rings. The van der Waals surface area contributed by atoms with Crippen molar-refractivity contribution in [2.45, 2.75) is 50.1 Å². The monoisotopic (exact) mass is 353 g/mol. The summed E-state index contributed by atoms with van der Waals surface area (Å²) in [4.78, 5) is 12.7. The molecule has 1 aliphatic heterocycles. The summed E-state index contributed by atoms with van der Waals surface area (Å²) in [5.74, 6) is 0.0611. The van der Waals surface area contributed by atoms with Gasteiger partial charge >= 0.3 is 0 Å². The van der Waals surface area contributed by atoms with Gasteiger partial charge in [-0.2, -0.15) is 0 Å². The van der Waals surface area contributed by atoms with Gasteiger partial charge in [0.25, 0.3) is 0 Å². The molecule has 2 aliphatic rings. The highest BCUT2D eigenvalue weighted by Gasteiger charge is 2.61. The van der Waals surface area contributed by atoms with E-state index in [9.17, 15) is 4.79 Å². The van der Waals surface area contributed by atoms with Crippen molar-refractivity contribution in [3.63, 3.8) is 0 Å². The molecule has 1 amide bonds. The number of ether oxygens (including phenoxy) is 2. The van der Waals surface area contributed by atoms with E-state index >= 15 is 0 Å². The summed E-state index contributed by atoms with van der Waals surface area (Å²) < 4.78 is 11.3. The molecule has 0 bridgehead atoms. The number of nitrogens with one attached hydrogen (secondary N) is 1. The topological polar surface area (TPSA) is 47.6 Å². The highest BCUT2D eigenvalue weighted by atomic mass is 79.9. The molecule has 0 spiro atoms. The second kappa shape index (κ2) is 5.71. The van der Waals surface area contributed by atoms with Crippen LogP contribution in [-0.4, -0.2) is 23.3 Å². The minimum Gasteiger partial charge on any atom is -0.349 e. The van der Waals surface area contributed by atoms with Crippen LogP contribution in [0.4, 0.5) is 0 Å². The molecule has 3 unspecified atom stereocenters. The molecule has 1 heterocycles. The van der Waals surface area contributed by atoms with Gasteiger partial charge in [-0.15, -0.1) is 0 Å². The average Bonchev–Trinajstić information content (AvgIpc) is 3.20. The number of carbonyl (C=O) groups excluding carboxylic acids is 1. The SMILES string of the molecule is CC1OC(Br)C(C2(C(=O)N[C@H](C)c3ccccc3)CC2)O1. The van der Waals surface area contributed by atoms with Crippen LogP contribution in [0.5, 0.6) is 0 Å². The lowest BCUT2D eigenvalue weighted by Gasteiger charge is -2.25. The first-order chi connectivity index (χ1) is 10.0. The Morgan fingerprint density at radius 2 is 2.00 bits per heavy atom. The van der Waals surface area contributed by atoms with Gasteiger partial charge in [0.05, 0.1) is 11.5 Å². The van der Waals surface area contributed by atoms with Crippen molar-refractivity contribution in [2.24, 2.45) is 5.41 Å². The van der Waals surface area contributed by atoms with E-state index in [2.05, 4.69) is 21.2 Å². The third-order valence-electron chi connectivity index (χ3n) is 4.33. The Kier molecular flexibility index (Phi) is 4.08. The number of alkyl halides is 1. The van der Waals surface area contributed by atoms with Crippen LogP contribution in [0.25, 0.3) is 0 Å². The molecule has 5 heteroatoms. The molecule has 0 radical (unpaired) electrons. The number of hydrogen-bond acceptors (Lipinski definition) is 3. The maximum Gasteiger partial charge on any atom is 0.229 e. The van der Waals surface area contributed by atoms with Gasteiger partial charge < -0.3 is 14.8 Å². The third kappa shape index (κ3) is 2.87. The van der Waals surface area contributed by atoms with Gasteiger partial charge in [-0.1, -0.05) is 46.3 Å². The van der Waals surface area contributed by atoms with Crippen molar-refractivity contribution in [3.05, 3.63) is 35.9 Å². The van der Waals surface area contributed by atoms with Crippen molar-refractivity contribution in [3.8, 4) is 0 Å². The van der Waals surface area contributed by atoms with Crippen LogP contribution < -0.4 is 5.32 Å². The fourth-order valence-corrected chi connectivity index (χ4v) is 3.81. The zero-order valence-electron chi connectivity index (χ0n) is 12.2. The largest absolute Gasteiger partial charge is 0.349 e. The van der Waals surface area contributed by atoms with Crippen LogP contribution in [0.1, 0.15) is 38.3 Å². The van der Waals surface area contributed by atoms with E-state index < -0.39 is 5.41 Å². The first-order valence-electron chi connectivity index (χ1n) is 7.34. The lowest BCUT2D eigenvalue weighted by molar-refractivity contribution is -0.133. The van der Waals surface area contributed by atoms with Crippen molar-refractivity contribution in [1.29, 1.82) is 0 Å². The Balaban J connectivity index is 1.68. The summed E-state index contributed by atoms with van der Waals surface area (Å²) in [6, 6.07) is 9.97. The van der Waals surface area contributed by atoms with Gasteiger partial charge in [0, 0.05) is 0 Å². The lowest BCUT2D eigenvalue weighted by atomic mass is 9.97. The normalized spacial score (nSPS) is 31.7. The van der Waals surface area contributed by atoms with Crippen LogP contribution in [0.2, 0.25) is 0 Å². The predicted octanol–water partition coefficient (Wildman–Crippen LogP) is 3.13. The molecule has 4 nitrogen and oxygen atoms in total. The fourth-order valence-electron chi connectivity index (χ4n) is 2.88. The summed E-state index contributed by atoms with van der Waals surface area (Å²) >= 11 is 3.47. The zero-order valence-corrected chi connectivity index (χ0v) is 13.8. The maximum atomic E-state index is 12.7. The Labute approximate surface area is 133 Å².